The SMILES string of the molecule is CCC(C(=O)N1CCC[C@H](C(=O)O)C1)c1ccc(OC)cc1. The van der Waals surface area contributed by atoms with Gasteiger partial charge in [0.25, 0.3) is 0 Å². The van der Waals surface area contributed by atoms with E-state index in [0.29, 0.717) is 25.9 Å². The van der Waals surface area contributed by atoms with Gasteiger partial charge in [-0.25, -0.2) is 0 Å². The van der Waals surface area contributed by atoms with Gasteiger partial charge in [0.05, 0.1) is 18.9 Å². The summed E-state index contributed by atoms with van der Waals surface area (Å²) in [6.45, 7) is 2.95. The Morgan fingerprint density at radius 2 is 2.05 bits per heavy atom. The molecular weight excluding hydrogens is 282 g/mol. The van der Waals surface area contributed by atoms with E-state index in [0.717, 1.165) is 17.7 Å². The molecule has 0 aliphatic carbocycles. The molecule has 1 fully saturated rings. The van der Waals surface area contributed by atoms with E-state index in [4.69, 9.17) is 9.84 Å². The van der Waals surface area contributed by atoms with Crippen LogP contribution in [0.15, 0.2) is 24.3 Å². The maximum Gasteiger partial charge on any atom is 0.308 e. The number of likely N-dealkylation sites (tertiary alicyclic amines) is 1. The standard InChI is InChI=1S/C17H23NO4/c1-3-15(12-6-8-14(22-2)9-7-12)16(19)18-10-4-5-13(11-18)17(20)21/h6-9,13,15H,3-5,10-11H2,1-2H3,(H,20,21)/t13-,15?/m0/s1. The highest BCUT2D eigenvalue weighted by Crippen LogP contribution is 2.27. The highest BCUT2D eigenvalue weighted by molar-refractivity contribution is 5.84. The molecule has 1 heterocycles. The molecule has 5 heteroatoms. The monoisotopic (exact) mass is 305 g/mol. The number of piperidine rings is 1. The number of rotatable bonds is 5. The van der Waals surface area contributed by atoms with E-state index in [1.54, 1.807) is 12.0 Å². The fourth-order valence-electron chi connectivity index (χ4n) is 2.99. The van der Waals surface area contributed by atoms with E-state index in [9.17, 15) is 9.59 Å². The second kappa shape index (κ2) is 7.29. The van der Waals surface area contributed by atoms with Crippen LogP contribution in [0.25, 0.3) is 0 Å². The van der Waals surface area contributed by atoms with Gasteiger partial charge in [0.15, 0.2) is 0 Å². The molecule has 1 aromatic rings. The first-order chi connectivity index (χ1) is 10.6. The molecule has 1 unspecified atom stereocenters. The Labute approximate surface area is 130 Å². The minimum Gasteiger partial charge on any atom is -0.497 e. The third-order valence-electron chi connectivity index (χ3n) is 4.31. The Bertz CT molecular complexity index is 526. The first kappa shape index (κ1) is 16.3. The second-order valence-electron chi connectivity index (χ2n) is 5.70. The number of ether oxygens (including phenoxy) is 1. The number of nitrogens with zero attached hydrogens (tertiary/aromatic N) is 1. The molecule has 0 bridgehead atoms. The summed E-state index contributed by atoms with van der Waals surface area (Å²) >= 11 is 0. The molecule has 0 radical (unpaired) electrons. The number of hydrogen-bond acceptors (Lipinski definition) is 3. The number of carboxylic acid groups (broad SMARTS) is 1. The Morgan fingerprint density at radius 3 is 2.59 bits per heavy atom. The Morgan fingerprint density at radius 1 is 1.36 bits per heavy atom. The van der Waals surface area contributed by atoms with Gasteiger partial charge in [-0.1, -0.05) is 19.1 Å². The summed E-state index contributed by atoms with van der Waals surface area (Å²) < 4.78 is 5.14. The Kier molecular flexibility index (Phi) is 5.41. The molecular formula is C17H23NO4. The molecule has 5 nitrogen and oxygen atoms in total. The highest BCUT2D eigenvalue weighted by Gasteiger charge is 2.31. The van der Waals surface area contributed by atoms with Crippen molar-refractivity contribution in [3.8, 4) is 5.75 Å². The van der Waals surface area contributed by atoms with Gasteiger partial charge in [0, 0.05) is 13.1 Å². The van der Waals surface area contributed by atoms with Crippen molar-refractivity contribution < 1.29 is 19.4 Å². The van der Waals surface area contributed by atoms with Gasteiger partial charge >= 0.3 is 5.97 Å². The number of benzene rings is 1. The summed E-state index contributed by atoms with van der Waals surface area (Å²) in [5.41, 5.74) is 0.950. The van der Waals surface area contributed by atoms with E-state index in [1.807, 2.05) is 31.2 Å². The zero-order valence-electron chi connectivity index (χ0n) is 13.1. The van der Waals surface area contributed by atoms with Crippen molar-refractivity contribution in [1.29, 1.82) is 0 Å². The lowest BCUT2D eigenvalue weighted by Crippen LogP contribution is -2.44. The summed E-state index contributed by atoms with van der Waals surface area (Å²) in [5.74, 6) is -0.687. The fourth-order valence-corrected chi connectivity index (χ4v) is 2.99. The molecule has 1 N–H and O–H groups in total. The molecule has 22 heavy (non-hydrogen) atoms. The van der Waals surface area contributed by atoms with Crippen LogP contribution in [-0.2, 0) is 9.59 Å². The summed E-state index contributed by atoms with van der Waals surface area (Å²) in [7, 11) is 1.61. The fraction of sp³-hybridized carbons (Fsp3) is 0.529. The van der Waals surface area contributed by atoms with Crippen molar-refractivity contribution in [2.75, 3.05) is 20.2 Å². The summed E-state index contributed by atoms with van der Waals surface area (Å²) in [6.07, 6.45) is 2.10. The second-order valence-corrected chi connectivity index (χ2v) is 5.70. The minimum absolute atomic E-state index is 0.0265. The van der Waals surface area contributed by atoms with Gasteiger partial charge in [0.2, 0.25) is 5.91 Å². The zero-order chi connectivity index (χ0) is 16.1. The smallest absolute Gasteiger partial charge is 0.308 e. The van der Waals surface area contributed by atoms with Crippen LogP contribution in [0.2, 0.25) is 0 Å². The number of hydrogen-bond donors (Lipinski definition) is 1. The van der Waals surface area contributed by atoms with Gasteiger partial charge in [-0.3, -0.25) is 9.59 Å². The van der Waals surface area contributed by atoms with Crippen LogP contribution in [-0.4, -0.2) is 42.1 Å². The average Bonchev–Trinajstić information content (AvgIpc) is 2.56. The number of amides is 1. The molecule has 2 rings (SSSR count). The lowest BCUT2D eigenvalue weighted by atomic mass is 9.92. The van der Waals surface area contributed by atoms with Crippen molar-refractivity contribution in [3.05, 3.63) is 29.8 Å². The van der Waals surface area contributed by atoms with Gasteiger partial charge in [-0.15, -0.1) is 0 Å². The number of carbonyl (C=O) groups is 2. The lowest BCUT2D eigenvalue weighted by molar-refractivity contribution is -0.146. The van der Waals surface area contributed by atoms with Crippen LogP contribution in [0, 0.1) is 5.92 Å². The van der Waals surface area contributed by atoms with E-state index in [1.165, 1.54) is 0 Å². The van der Waals surface area contributed by atoms with E-state index >= 15 is 0 Å². The molecule has 0 saturated carbocycles. The number of methoxy groups -OCH3 is 1. The first-order valence-electron chi connectivity index (χ1n) is 7.72. The molecule has 0 aromatic heterocycles. The molecule has 1 amide bonds. The topological polar surface area (TPSA) is 66.8 Å². The van der Waals surface area contributed by atoms with E-state index in [2.05, 4.69) is 0 Å². The van der Waals surface area contributed by atoms with Crippen LogP contribution < -0.4 is 4.74 Å². The van der Waals surface area contributed by atoms with Gasteiger partial charge in [-0.2, -0.15) is 0 Å². The predicted octanol–water partition coefficient (Wildman–Crippen LogP) is 2.51. The third-order valence-corrected chi connectivity index (χ3v) is 4.31. The van der Waals surface area contributed by atoms with Crippen molar-refractivity contribution in [2.24, 2.45) is 5.92 Å². The Balaban J connectivity index is 2.12. The number of aliphatic carboxylic acids is 1. The van der Waals surface area contributed by atoms with Crippen molar-refractivity contribution in [1.82, 2.24) is 4.90 Å². The molecule has 1 saturated heterocycles. The average molecular weight is 305 g/mol. The van der Waals surface area contributed by atoms with Crippen LogP contribution in [0.5, 0.6) is 5.75 Å². The molecule has 2 atom stereocenters. The van der Waals surface area contributed by atoms with Crippen LogP contribution in [0.1, 0.15) is 37.7 Å². The van der Waals surface area contributed by atoms with Crippen LogP contribution in [0.4, 0.5) is 0 Å². The molecule has 1 aliphatic rings. The normalized spacial score (nSPS) is 19.5. The molecule has 120 valence electrons. The van der Waals surface area contributed by atoms with Crippen LogP contribution >= 0.6 is 0 Å². The largest absolute Gasteiger partial charge is 0.497 e. The predicted molar refractivity (Wildman–Crippen MR) is 83.0 cm³/mol. The van der Waals surface area contributed by atoms with Crippen molar-refractivity contribution in [2.45, 2.75) is 32.1 Å². The van der Waals surface area contributed by atoms with Crippen molar-refractivity contribution in [3.63, 3.8) is 0 Å². The first-order valence-corrected chi connectivity index (χ1v) is 7.72. The van der Waals surface area contributed by atoms with Gasteiger partial charge < -0.3 is 14.7 Å². The third kappa shape index (κ3) is 3.59. The Hall–Kier alpha value is -2.04. The minimum atomic E-state index is -0.810. The maximum absolute atomic E-state index is 12.8. The van der Waals surface area contributed by atoms with Gasteiger partial charge in [0.1, 0.15) is 5.75 Å². The summed E-state index contributed by atoms with van der Waals surface area (Å²) in [6, 6.07) is 7.51. The summed E-state index contributed by atoms with van der Waals surface area (Å²) in [4.78, 5) is 25.6. The highest BCUT2D eigenvalue weighted by atomic mass is 16.5. The molecule has 1 aliphatic heterocycles. The quantitative estimate of drug-likeness (QED) is 0.907. The van der Waals surface area contributed by atoms with E-state index in [-0.39, 0.29) is 11.8 Å². The zero-order valence-corrected chi connectivity index (χ0v) is 13.1. The number of carbonyl (C=O) groups excluding carboxylic acids is 1. The maximum atomic E-state index is 12.8. The van der Waals surface area contributed by atoms with Gasteiger partial charge in [-0.05, 0) is 37.0 Å². The van der Waals surface area contributed by atoms with Crippen LogP contribution in [0.3, 0.4) is 0 Å². The molecule has 0 spiro atoms. The van der Waals surface area contributed by atoms with Crippen molar-refractivity contribution >= 4 is 11.9 Å². The summed E-state index contributed by atoms with van der Waals surface area (Å²) in [5, 5.41) is 9.16. The number of carboxylic acids is 1. The lowest BCUT2D eigenvalue weighted by Gasteiger charge is -2.33. The van der Waals surface area contributed by atoms with E-state index < -0.39 is 11.9 Å². The molecule has 1 aromatic carbocycles.